The van der Waals surface area contributed by atoms with Crippen LogP contribution in [-0.4, -0.2) is 23.4 Å². The molecule has 0 bridgehead atoms. The van der Waals surface area contributed by atoms with E-state index in [0.717, 1.165) is 6.07 Å². The summed E-state index contributed by atoms with van der Waals surface area (Å²) in [7, 11) is -0.992. The van der Waals surface area contributed by atoms with Crippen LogP contribution in [0.1, 0.15) is 33.3 Å². The Bertz CT molecular complexity index is 784. The molecular formula is C17H18BF3O3. The van der Waals surface area contributed by atoms with Gasteiger partial charge in [0, 0.05) is 0 Å². The zero-order chi connectivity index (χ0) is 17.9. The first-order valence-electron chi connectivity index (χ1n) is 7.61. The summed E-state index contributed by atoms with van der Waals surface area (Å²) >= 11 is 0. The van der Waals surface area contributed by atoms with Gasteiger partial charge in [-0.05, 0) is 62.1 Å². The minimum atomic E-state index is -4.52. The van der Waals surface area contributed by atoms with Crippen molar-refractivity contribution in [3.8, 4) is 5.75 Å². The number of benzene rings is 2. The van der Waals surface area contributed by atoms with Crippen molar-refractivity contribution in [2.24, 2.45) is 0 Å². The van der Waals surface area contributed by atoms with E-state index in [1.807, 2.05) is 27.7 Å². The third-order valence-electron chi connectivity index (χ3n) is 4.80. The first kappa shape index (κ1) is 17.1. The predicted molar refractivity (Wildman–Crippen MR) is 86.3 cm³/mol. The summed E-state index contributed by atoms with van der Waals surface area (Å²) in [6.07, 6.45) is -4.52. The van der Waals surface area contributed by atoms with Gasteiger partial charge in [0.25, 0.3) is 0 Å². The van der Waals surface area contributed by atoms with Crippen molar-refractivity contribution >= 4 is 23.4 Å². The molecule has 1 heterocycles. The Kier molecular flexibility index (Phi) is 3.66. The summed E-state index contributed by atoms with van der Waals surface area (Å²) in [6, 6.07) is 6.45. The normalized spacial score (nSPS) is 19.9. The molecule has 3 rings (SSSR count). The van der Waals surface area contributed by atoms with Crippen molar-refractivity contribution < 1.29 is 27.6 Å². The lowest BCUT2D eigenvalue weighted by Gasteiger charge is -2.32. The van der Waals surface area contributed by atoms with Gasteiger partial charge in [-0.3, -0.25) is 0 Å². The molecule has 0 aliphatic carbocycles. The summed E-state index contributed by atoms with van der Waals surface area (Å²) < 4.78 is 52.1. The highest BCUT2D eigenvalue weighted by Gasteiger charge is 2.52. The predicted octanol–water partition coefficient (Wildman–Crippen LogP) is 3.86. The molecule has 1 fully saturated rings. The largest absolute Gasteiger partial charge is 0.508 e. The summed E-state index contributed by atoms with van der Waals surface area (Å²) in [6.45, 7) is 7.29. The Labute approximate surface area is 138 Å². The minimum Gasteiger partial charge on any atom is -0.508 e. The zero-order valence-electron chi connectivity index (χ0n) is 13.9. The van der Waals surface area contributed by atoms with E-state index in [-0.39, 0.29) is 22.0 Å². The Morgan fingerprint density at radius 3 is 2.12 bits per heavy atom. The standard InChI is InChI=1S/C17H18BF3O3/c1-15(2)16(3,4)24-18(23-15)13-9-11(22)8-10-6-5-7-12(14(10)13)17(19,20)21/h5-9,22H,1-4H3. The van der Waals surface area contributed by atoms with Crippen molar-refractivity contribution in [1.82, 2.24) is 0 Å². The summed E-state index contributed by atoms with van der Waals surface area (Å²) in [5, 5.41) is 10.2. The van der Waals surface area contributed by atoms with Crippen LogP contribution in [-0.2, 0) is 15.5 Å². The van der Waals surface area contributed by atoms with Crippen LogP contribution in [0.2, 0.25) is 0 Å². The van der Waals surface area contributed by atoms with Crippen LogP contribution in [0.15, 0.2) is 30.3 Å². The van der Waals surface area contributed by atoms with E-state index in [0.29, 0.717) is 0 Å². The van der Waals surface area contributed by atoms with Crippen molar-refractivity contribution in [2.75, 3.05) is 0 Å². The van der Waals surface area contributed by atoms with E-state index in [1.165, 1.54) is 24.3 Å². The summed E-state index contributed by atoms with van der Waals surface area (Å²) in [5.74, 6) is -0.133. The third-order valence-corrected chi connectivity index (χ3v) is 4.80. The van der Waals surface area contributed by atoms with Gasteiger partial charge in [0.2, 0.25) is 0 Å². The second-order valence-electron chi connectivity index (χ2n) is 7.02. The van der Waals surface area contributed by atoms with Gasteiger partial charge in [-0.25, -0.2) is 0 Å². The van der Waals surface area contributed by atoms with E-state index >= 15 is 0 Å². The SMILES string of the molecule is CC1(C)OB(c2cc(O)cc3cccc(C(F)(F)F)c23)OC1(C)C. The lowest BCUT2D eigenvalue weighted by atomic mass is 9.74. The van der Waals surface area contributed by atoms with Gasteiger partial charge in [-0.15, -0.1) is 0 Å². The molecule has 1 saturated heterocycles. The molecule has 0 saturated carbocycles. The van der Waals surface area contributed by atoms with Gasteiger partial charge in [0.1, 0.15) is 5.75 Å². The highest BCUT2D eigenvalue weighted by Crippen LogP contribution is 2.39. The first-order chi connectivity index (χ1) is 10.9. The second kappa shape index (κ2) is 5.13. The second-order valence-corrected chi connectivity index (χ2v) is 7.02. The molecule has 24 heavy (non-hydrogen) atoms. The summed E-state index contributed by atoms with van der Waals surface area (Å²) in [5.41, 5.74) is -1.98. The third kappa shape index (κ3) is 2.65. The highest BCUT2D eigenvalue weighted by atomic mass is 19.4. The van der Waals surface area contributed by atoms with Crippen molar-refractivity contribution in [1.29, 1.82) is 0 Å². The lowest BCUT2D eigenvalue weighted by Crippen LogP contribution is -2.41. The molecule has 1 N–H and O–H groups in total. The molecule has 2 aromatic rings. The number of fused-ring (bicyclic) bond motifs is 1. The Balaban J connectivity index is 2.25. The number of phenolic OH excluding ortho intramolecular Hbond substituents is 1. The smallest absolute Gasteiger partial charge is 0.495 e. The van der Waals surface area contributed by atoms with E-state index in [4.69, 9.17) is 9.31 Å². The molecule has 3 nitrogen and oxygen atoms in total. The van der Waals surface area contributed by atoms with Crippen LogP contribution in [0.4, 0.5) is 13.2 Å². The Hall–Kier alpha value is -1.73. The fourth-order valence-electron chi connectivity index (χ4n) is 2.84. The quantitative estimate of drug-likeness (QED) is 0.803. The lowest BCUT2D eigenvalue weighted by molar-refractivity contribution is -0.136. The number of phenols is 1. The molecule has 1 aliphatic heterocycles. The van der Waals surface area contributed by atoms with Crippen LogP contribution < -0.4 is 5.46 Å². The number of halogens is 3. The fraction of sp³-hybridized carbons (Fsp3) is 0.412. The molecule has 1 aliphatic rings. The van der Waals surface area contributed by atoms with Crippen molar-refractivity contribution in [3.63, 3.8) is 0 Å². The van der Waals surface area contributed by atoms with Gasteiger partial charge >= 0.3 is 13.3 Å². The number of hydrogen-bond acceptors (Lipinski definition) is 3. The Morgan fingerprint density at radius 1 is 1.00 bits per heavy atom. The average molecular weight is 338 g/mol. The molecular weight excluding hydrogens is 320 g/mol. The number of aromatic hydroxyl groups is 1. The van der Waals surface area contributed by atoms with E-state index < -0.39 is 30.1 Å². The van der Waals surface area contributed by atoms with Crippen LogP contribution in [0.25, 0.3) is 10.8 Å². The van der Waals surface area contributed by atoms with E-state index in [1.54, 1.807) is 0 Å². The van der Waals surface area contributed by atoms with Crippen molar-refractivity contribution in [2.45, 2.75) is 45.1 Å². The van der Waals surface area contributed by atoms with Gasteiger partial charge < -0.3 is 14.4 Å². The molecule has 0 aromatic heterocycles. The van der Waals surface area contributed by atoms with Gasteiger partial charge in [-0.2, -0.15) is 13.2 Å². The van der Waals surface area contributed by atoms with Gasteiger partial charge in [-0.1, -0.05) is 12.1 Å². The highest BCUT2D eigenvalue weighted by molar-refractivity contribution is 6.65. The van der Waals surface area contributed by atoms with Crippen LogP contribution in [0.5, 0.6) is 5.75 Å². The van der Waals surface area contributed by atoms with Crippen LogP contribution >= 0.6 is 0 Å². The van der Waals surface area contributed by atoms with Crippen LogP contribution in [0.3, 0.4) is 0 Å². The maximum Gasteiger partial charge on any atom is 0.495 e. The molecule has 128 valence electrons. The monoisotopic (exact) mass is 338 g/mol. The average Bonchev–Trinajstić information content (AvgIpc) is 2.64. The molecule has 0 atom stereocenters. The molecule has 0 spiro atoms. The van der Waals surface area contributed by atoms with Gasteiger partial charge in [0.15, 0.2) is 0 Å². The molecule has 2 aromatic carbocycles. The maximum atomic E-state index is 13.4. The molecule has 0 unspecified atom stereocenters. The number of alkyl halides is 3. The van der Waals surface area contributed by atoms with Crippen LogP contribution in [0, 0.1) is 0 Å². The van der Waals surface area contributed by atoms with Gasteiger partial charge in [0.05, 0.1) is 16.8 Å². The fourth-order valence-corrected chi connectivity index (χ4v) is 2.84. The number of hydrogen-bond donors (Lipinski definition) is 1. The molecule has 0 radical (unpaired) electrons. The minimum absolute atomic E-state index is 0.0127. The number of rotatable bonds is 1. The van der Waals surface area contributed by atoms with E-state index in [2.05, 4.69) is 0 Å². The first-order valence-corrected chi connectivity index (χ1v) is 7.61. The maximum absolute atomic E-state index is 13.4. The summed E-state index contributed by atoms with van der Waals surface area (Å²) in [4.78, 5) is 0. The molecule has 7 heteroatoms. The van der Waals surface area contributed by atoms with E-state index in [9.17, 15) is 18.3 Å². The zero-order valence-corrected chi connectivity index (χ0v) is 13.9. The Morgan fingerprint density at radius 2 is 1.58 bits per heavy atom. The van der Waals surface area contributed by atoms with Crippen molar-refractivity contribution in [3.05, 3.63) is 35.9 Å². The molecule has 0 amide bonds. The topological polar surface area (TPSA) is 38.7 Å².